The predicted molar refractivity (Wildman–Crippen MR) is 112 cm³/mol. The summed E-state index contributed by atoms with van der Waals surface area (Å²) in [5.74, 6) is -0.303. The van der Waals surface area contributed by atoms with Crippen LogP contribution in [0.5, 0.6) is 0 Å². The minimum Gasteiger partial charge on any atom is -0.382 e. The number of allylic oxidation sites excluding steroid dienone is 4. The molecule has 0 fully saturated rings. The fraction of sp³-hybridized carbons (Fsp3) is 0.333. The van der Waals surface area contributed by atoms with E-state index in [0.29, 0.717) is 11.4 Å². The molecule has 1 amide bonds. The minimum absolute atomic E-state index is 0.303. The van der Waals surface area contributed by atoms with Crippen LogP contribution in [0.2, 0.25) is 0 Å². The molecule has 0 radical (unpaired) electrons. The Morgan fingerprint density at radius 2 is 1.92 bits per heavy atom. The van der Waals surface area contributed by atoms with E-state index in [2.05, 4.69) is 26.4 Å². The Balaban J connectivity index is 2.00. The number of carbonyl (C=O) groups excluding carboxylic acids is 1. The van der Waals surface area contributed by atoms with Crippen LogP contribution in [0.3, 0.4) is 0 Å². The van der Waals surface area contributed by atoms with E-state index in [0.717, 1.165) is 10.0 Å². The maximum absolute atomic E-state index is 12.2. The van der Waals surface area contributed by atoms with E-state index in [9.17, 15) is 4.79 Å². The van der Waals surface area contributed by atoms with Crippen LogP contribution < -0.4 is 5.32 Å². The second-order valence-corrected chi connectivity index (χ2v) is 9.32. The molecule has 1 aliphatic rings. The molecular weight excluding hydrogens is 462 g/mol. The maximum atomic E-state index is 12.2. The standard InChI is InChI=1S/C18H18BrCl3N2O2/c1-11-10-15(8-9-17(11,3)18(20,21)22)24-26-12(2)16(25)23-14-6-4-13(19)5-7-14/h4-10,12H,1-3H3,(H,23,25). The number of anilines is 1. The summed E-state index contributed by atoms with van der Waals surface area (Å²) < 4.78 is -0.548. The number of oxime groups is 1. The van der Waals surface area contributed by atoms with Crippen molar-refractivity contribution in [3.8, 4) is 0 Å². The largest absolute Gasteiger partial charge is 0.382 e. The number of rotatable bonds is 4. The predicted octanol–water partition coefficient (Wildman–Crippen LogP) is 6.04. The number of carbonyl (C=O) groups is 1. The smallest absolute Gasteiger partial charge is 0.267 e. The lowest BCUT2D eigenvalue weighted by Gasteiger charge is -2.36. The van der Waals surface area contributed by atoms with Crippen LogP contribution in [-0.2, 0) is 9.63 Å². The van der Waals surface area contributed by atoms with Gasteiger partial charge >= 0.3 is 0 Å². The van der Waals surface area contributed by atoms with Gasteiger partial charge in [0.2, 0.25) is 9.90 Å². The van der Waals surface area contributed by atoms with Gasteiger partial charge in [-0.15, -0.1) is 0 Å². The summed E-state index contributed by atoms with van der Waals surface area (Å²) >= 11 is 21.5. The number of hydrogen-bond donors (Lipinski definition) is 1. The average Bonchev–Trinajstić information content (AvgIpc) is 2.56. The first-order valence-corrected chi connectivity index (χ1v) is 9.70. The van der Waals surface area contributed by atoms with Crippen molar-refractivity contribution < 1.29 is 9.63 Å². The van der Waals surface area contributed by atoms with Crippen LogP contribution in [-0.4, -0.2) is 21.5 Å². The van der Waals surface area contributed by atoms with Crippen molar-refractivity contribution in [1.29, 1.82) is 0 Å². The molecule has 8 heteroatoms. The Labute approximate surface area is 176 Å². The zero-order chi connectivity index (χ0) is 19.5. The Bertz CT molecular complexity index is 770. The molecule has 0 saturated carbocycles. The molecule has 1 N–H and O–H groups in total. The number of nitrogens with zero attached hydrogens (tertiary/aromatic N) is 1. The highest BCUT2D eigenvalue weighted by Gasteiger charge is 2.45. The van der Waals surface area contributed by atoms with Crippen LogP contribution >= 0.6 is 50.7 Å². The first-order valence-electron chi connectivity index (χ1n) is 7.78. The van der Waals surface area contributed by atoms with Crippen LogP contribution in [0, 0.1) is 5.41 Å². The second-order valence-electron chi connectivity index (χ2n) is 6.12. The third kappa shape index (κ3) is 5.03. The molecule has 1 aromatic rings. The van der Waals surface area contributed by atoms with Gasteiger partial charge in [0.1, 0.15) is 5.71 Å². The van der Waals surface area contributed by atoms with Gasteiger partial charge in [-0.3, -0.25) is 4.79 Å². The van der Waals surface area contributed by atoms with E-state index < -0.39 is 15.3 Å². The van der Waals surface area contributed by atoms with E-state index in [1.54, 1.807) is 37.3 Å². The maximum Gasteiger partial charge on any atom is 0.267 e. The molecule has 4 nitrogen and oxygen atoms in total. The summed E-state index contributed by atoms with van der Waals surface area (Å²) in [6, 6.07) is 7.25. The topological polar surface area (TPSA) is 50.7 Å². The first kappa shape index (κ1) is 21.3. The zero-order valence-corrected chi connectivity index (χ0v) is 18.2. The fourth-order valence-electron chi connectivity index (χ4n) is 2.14. The van der Waals surface area contributed by atoms with Gasteiger partial charge in [-0.2, -0.15) is 0 Å². The van der Waals surface area contributed by atoms with Crippen molar-refractivity contribution in [2.24, 2.45) is 10.6 Å². The molecule has 0 bridgehead atoms. The molecule has 0 saturated heterocycles. The molecule has 2 rings (SSSR count). The lowest BCUT2D eigenvalue weighted by molar-refractivity contribution is -0.126. The highest BCUT2D eigenvalue weighted by Crippen LogP contribution is 2.51. The average molecular weight is 481 g/mol. The van der Waals surface area contributed by atoms with E-state index in [-0.39, 0.29) is 5.91 Å². The number of benzene rings is 1. The fourth-order valence-corrected chi connectivity index (χ4v) is 3.04. The molecule has 1 aromatic carbocycles. The van der Waals surface area contributed by atoms with Gasteiger partial charge < -0.3 is 10.2 Å². The zero-order valence-electron chi connectivity index (χ0n) is 14.4. The third-order valence-corrected chi connectivity index (χ3v) is 5.86. The normalized spacial score (nSPS) is 22.7. The number of amides is 1. The van der Waals surface area contributed by atoms with Crippen molar-refractivity contribution in [2.45, 2.75) is 30.7 Å². The monoisotopic (exact) mass is 478 g/mol. The van der Waals surface area contributed by atoms with Crippen molar-refractivity contribution in [3.63, 3.8) is 0 Å². The summed E-state index contributed by atoms with van der Waals surface area (Å²) in [5.41, 5.74) is 1.31. The van der Waals surface area contributed by atoms with Crippen LogP contribution in [0.15, 0.2) is 57.7 Å². The number of nitrogens with one attached hydrogen (secondary N) is 1. The Hall–Kier alpha value is -1.01. The van der Waals surface area contributed by atoms with E-state index in [1.165, 1.54) is 0 Å². The molecule has 140 valence electrons. The Kier molecular flexibility index (Phi) is 6.83. The highest BCUT2D eigenvalue weighted by molar-refractivity contribution is 9.10. The van der Waals surface area contributed by atoms with E-state index in [4.69, 9.17) is 39.6 Å². The molecule has 0 spiro atoms. The van der Waals surface area contributed by atoms with Gasteiger partial charge in [-0.25, -0.2) is 0 Å². The van der Waals surface area contributed by atoms with Gasteiger partial charge in [0.15, 0.2) is 0 Å². The summed E-state index contributed by atoms with van der Waals surface area (Å²) in [6.07, 6.45) is 4.47. The SMILES string of the molecule is CC1=CC(=NOC(C)C(=O)Nc2ccc(Br)cc2)C=CC1(C)C(Cl)(Cl)Cl. The van der Waals surface area contributed by atoms with Crippen LogP contribution in [0.4, 0.5) is 5.69 Å². The van der Waals surface area contributed by atoms with Gasteiger partial charge in [0.25, 0.3) is 5.91 Å². The molecule has 0 heterocycles. The molecule has 2 atom stereocenters. The van der Waals surface area contributed by atoms with Crippen molar-refractivity contribution in [1.82, 2.24) is 0 Å². The van der Waals surface area contributed by atoms with Crippen molar-refractivity contribution in [3.05, 3.63) is 52.5 Å². The molecule has 1 aliphatic carbocycles. The third-order valence-electron chi connectivity index (χ3n) is 4.16. The summed E-state index contributed by atoms with van der Waals surface area (Å²) in [5, 5.41) is 6.77. The van der Waals surface area contributed by atoms with Gasteiger partial charge in [-0.1, -0.05) is 67.5 Å². The second kappa shape index (κ2) is 8.34. The number of halogens is 4. The van der Waals surface area contributed by atoms with Crippen molar-refractivity contribution in [2.75, 3.05) is 5.32 Å². The van der Waals surface area contributed by atoms with Crippen molar-refractivity contribution >= 4 is 68.0 Å². The molecule has 0 aliphatic heterocycles. The molecule has 26 heavy (non-hydrogen) atoms. The summed E-state index contributed by atoms with van der Waals surface area (Å²) in [7, 11) is 0. The first-order chi connectivity index (χ1) is 12.0. The van der Waals surface area contributed by atoms with Gasteiger partial charge in [0.05, 0.1) is 5.41 Å². The quantitative estimate of drug-likeness (QED) is 0.422. The number of alkyl halides is 3. The van der Waals surface area contributed by atoms with Crippen LogP contribution in [0.25, 0.3) is 0 Å². The molecule has 0 aromatic heterocycles. The highest BCUT2D eigenvalue weighted by atomic mass is 79.9. The van der Waals surface area contributed by atoms with E-state index >= 15 is 0 Å². The Morgan fingerprint density at radius 3 is 2.46 bits per heavy atom. The van der Waals surface area contributed by atoms with Gasteiger partial charge in [-0.05, 0) is 57.2 Å². The lowest BCUT2D eigenvalue weighted by Crippen LogP contribution is -2.33. The Morgan fingerprint density at radius 1 is 1.31 bits per heavy atom. The number of hydrogen-bond acceptors (Lipinski definition) is 3. The summed E-state index contributed by atoms with van der Waals surface area (Å²) in [6.45, 7) is 5.30. The lowest BCUT2D eigenvalue weighted by atomic mass is 9.80. The van der Waals surface area contributed by atoms with E-state index in [1.807, 2.05) is 26.0 Å². The molecule has 2 unspecified atom stereocenters. The molecular formula is C18H18BrCl3N2O2. The minimum atomic E-state index is -1.48. The summed E-state index contributed by atoms with van der Waals surface area (Å²) in [4.78, 5) is 17.5. The van der Waals surface area contributed by atoms with Gasteiger partial charge in [0, 0.05) is 10.2 Å². The van der Waals surface area contributed by atoms with Crippen LogP contribution in [0.1, 0.15) is 20.8 Å².